The number of rotatable bonds is 16. The summed E-state index contributed by atoms with van der Waals surface area (Å²) in [4.78, 5) is 0. The molecule has 5 nitrogen and oxygen atoms in total. The van der Waals surface area contributed by atoms with Gasteiger partial charge in [0.05, 0.1) is 32.0 Å². The molecular formula is C54H76O5. The van der Waals surface area contributed by atoms with Crippen LogP contribution in [0.5, 0.6) is 0 Å². The molecule has 8 rings (SSSR count). The number of hydrogen-bond acceptors (Lipinski definition) is 5. The fourth-order valence-corrected chi connectivity index (χ4v) is 13.5. The standard InChI is InChI=1S/C54H76O5/c1-37(2)17-16-18-38(3)46-27-28-47-45-26-25-43-33-44(29-31-53(43,5)48(45)30-32-54(46,47)6)59-52-51(57-36-42-23-14-9-15-24-42)50(56-35-41-21-12-8-13-22-41)49(39(4)58-52)55-34-40-19-10-7-11-20-40/h7-15,19-24,37-39,43-52H,16-18,25-36H2,1-6H3/t38-,39-,43+,44+,45+,46-,47+,48+,49+,50+,51-,52?,53+,54-/m1/s1. The van der Waals surface area contributed by atoms with E-state index in [9.17, 15) is 0 Å². The van der Waals surface area contributed by atoms with Crippen molar-refractivity contribution in [3.05, 3.63) is 108 Å². The molecule has 322 valence electrons. The second-order valence-corrected chi connectivity index (χ2v) is 20.7. The van der Waals surface area contributed by atoms with E-state index in [-0.39, 0.29) is 24.4 Å². The minimum absolute atomic E-state index is 0.137. The van der Waals surface area contributed by atoms with Crippen LogP contribution in [0.4, 0.5) is 0 Å². The van der Waals surface area contributed by atoms with E-state index >= 15 is 0 Å². The van der Waals surface area contributed by atoms with Gasteiger partial charge in [0, 0.05) is 0 Å². The topological polar surface area (TPSA) is 46.2 Å². The maximum absolute atomic E-state index is 7.22. The Morgan fingerprint density at radius 3 is 1.78 bits per heavy atom. The van der Waals surface area contributed by atoms with Crippen molar-refractivity contribution in [3.8, 4) is 0 Å². The molecule has 5 fully saturated rings. The van der Waals surface area contributed by atoms with Gasteiger partial charge in [-0.25, -0.2) is 0 Å². The van der Waals surface area contributed by atoms with Crippen molar-refractivity contribution in [1.82, 2.24) is 0 Å². The van der Waals surface area contributed by atoms with E-state index in [0.717, 1.165) is 65.0 Å². The number of hydrogen-bond donors (Lipinski definition) is 0. The van der Waals surface area contributed by atoms with Crippen LogP contribution in [-0.2, 0) is 43.5 Å². The summed E-state index contributed by atoms with van der Waals surface area (Å²) >= 11 is 0. The number of fused-ring (bicyclic) bond motifs is 5. The molecule has 1 unspecified atom stereocenters. The van der Waals surface area contributed by atoms with Crippen molar-refractivity contribution in [2.45, 2.75) is 175 Å². The maximum atomic E-state index is 7.22. The zero-order chi connectivity index (χ0) is 41.0. The van der Waals surface area contributed by atoms with Gasteiger partial charge in [0.25, 0.3) is 0 Å². The fraction of sp³-hybridized carbons (Fsp3) is 0.667. The van der Waals surface area contributed by atoms with Crippen molar-refractivity contribution in [3.63, 3.8) is 0 Å². The zero-order valence-corrected chi connectivity index (χ0v) is 37.3. The van der Waals surface area contributed by atoms with E-state index in [1.807, 2.05) is 6.07 Å². The van der Waals surface area contributed by atoms with Crippen LogP contribution < -0.4 is 0 Å². The van der Waals surface area contributed by atoms with E-state index < -0.39 is 12.4 Å². The van der Waals surface area contributed by atoms with E-state index in [1.54, 1.807) is 0 Å². The van der Waals surface area contributed by atoms with Gasteiger partial charge in [-0.05, 0) is 134 Å². The predicted octanol–water partition coefficient (Wildman–Crippen LogP) is 13.0. The molecule has 3 aromatic carbocycles. The summed E-state index contributed by atoms with van der Waals surface area (Å²) in [6.45, 7) is 16.3. The molecule has 5 aliphatic rings. The van der Waals surface area contributed by atoms with Crippen LogP contribution >= 0.6 is 0 Å². The third-order valence-electron chi connectivity index (χ3n) is 16.7. The van der Waals surface area contributed by atoms with Crippen LogP contribution in [0.15, 0.2) is 91.0 Å². The number of ether oxygens (including phenoxy) is 5. The van der Waals surface area contributed by atoms with Crippen LogP contribution in [0, 0.1) is 52.3 Å². The highest BCUT2D eigenvalue weighted by Gasteiger charge is 2.61. The molecule has 4 aliphatic carbocycles. The maximum Gasteiger partial charge on any atom is 0.187 e. The molecule has 59 heavy (non-hydrogen) atoms. The molecule has 0 radical (unpaired) electrons. The molecule has 3 aromatic rings. The smallest absolute Gasteiger partial charge is 0.187 e. The summed E-state index contributed by atoms with van der Waals surface area (Å²) in [5, 5.41) is 0. The van der Waals surface area contributed by atoms with Gasteiger partial charge in [0.1, 0.15) is 18.3 Å². The Hall–Kier alpha value is -2.54. The molecule has 0 bridgehead atoms. The Kier molecular flexibility index (Phi) is 14.1. The lowest BCUT2D eigenvalue weighted by atomic mass is 9.44. The average molecular weight is 805 g/mol. The quantitative estimate of drug-likeness (QED) is 0.135. The predicted molar refractivity (Wildman–Crippen MR) is 237 cm³/mol. The van der Waals surface area contributed by atoms with Crippen LogP contribution in [0.25, 0.3) is 0 Å². The summed E-state index contributed by atoms with van der Waals surface area (Å²) in [7, 11) is 0. The van der Waals surface area contributed by atoms with Crippen molar-refractivity contribution in [2.75, 3.05) is 0 Å². The first kappa shape index (κ1) is 43.1. The first-order valence-electron chi connectivity index (χ1n) is 23.9. The van der Waals surface area contributed by atoms with Gasteiger partial charge >= 0.3 is 0 Å². The summed E-state index contributed by atoms with van der Waals surface area (Å²) in [6, 6.07) is 31.3. The van der Waals surface area contributed by atoms with Gasteiger partial charge in [-0.15, -0.1) is 0 Å². The lowest BCUT2D eigenvalue weighted by molar-refractivity contribution is -0.332. The molecule has 1 heterocycles. The van der Waals surface area contributed by atoms with Gasteiger partial charge in [-0.1, -0.05) is 145 Å². The molecule has 0 spiro atoms. The van der Waals surface area contributed by atoms with Crippen molar-refractivity contribution in [2.24, 2.45) is 52.3 Å². The largest absolute Gasteiger partial charge is 0.368 e. The third-order valence-corrected chi connectivity index (χ3v) is 16.7. The second-order valence-electron chi connectivity index (χ2n) is 20.7. The monoisotopic (exact) mass is 805 g/mol. The van der Waals surface area contributed by atoms with E-state index in [2.05, 4.69) is 126 Å². The fourth-order valence-electron chi connectivity index (χ4n) is 13.5. The third kappa shape index (κ3) is 9.61. The second kappa shape index (κ2) is 19.2. The van der Waals surface area contributed by atoms with Gasteiger partial charge in [0.15, 0.2) is 6.29 Å². The minimum atomic E-state index is -0.551. The highest BCUT2D eigenvalue weighted by atomic mass is 16.7. The first-order valence-corrected chi connectivity index (χ1v) is 23.9. The Bertz CT molecular complexity index is 1720. The SMILES string of the molecule is CC(C)CCC[C@@H](C)[C@H]1CC[C@H]2[C@@H]3CC[C@H]4C[C@@H](OC5O[C@H](C)[C@H](OCc6ccccc6)[C@H](OCc6ccccc6)[C@H]5OCc5ccccc5)CC[C@]4(C)[C@H]3CC[C@]12C. The molecule has 0 aromatic heterocycles. The van der Waals surface area contributed by atoms with Gasteiger partial charge in [-0.3, -0.25) is 0 Å². The molecular weight excluding hydrogens is 729 g/mol. The Morgan fingerprint density at radius 2 is 1.17 bits per heavy atom. The molecule has 5 heteroatoms. The van der Waals surface area contributed by atoms with Crippen molar-refractivity contribution < 1.29 is 23.7 Å². The van der Waals surface area contributed by atoms with E-state index in [4.69, 9.17) is 23.7 Å². The van der Waals surface area contributed by atoms with E-state index in [0.29, 0.717) is 36.6 Å². The molecule has 0 N–H and O–H groups in total. The molecule has 0 amide bonds. The van der Waals surface area contributed by atoms with Crippen molar-refractivity contribution >= 4 is 0 Å². The Morgan fingerprint density at radius 1 is 0.610 bits per heavy atom. The highest BCUT2D eigenvalue weighted by molar-refractivity contribution is 5.16. The van der Waals surface area contributed by atoms with Crippen LogP contribution in [-0.4, -0.2) is 36.8 Å². The minimum Gasteiger partial charge on any atom is -0.368 e. The van der Waals surface area contributed by atoms with Gasteiger partial charge in [-0.2, -0.15) is 0 Å². The van der Waals surface area contributed by atoms with Gasteiger partial charge < -0.3 is 23.7 Å². The summed E-state index contributed by atoms with van der Waals surface area (Å²) in [5.41, 5.74) is 4.31. The Labute approximate surface area is 357 Å². The van der Waals surface area contributed by atoms with Gasteiger partial charge in [0.2, 0.25) is 0 Å². The normalized spacial score (nSPS) is 37.4. The lowest BCUT2D eigenvalue weighted by Gasteiger charge is -2.61. The molecule has 4 saturated carbocycles. The Balaban J connectivity index is 0.968. The molecule has 1 aliphatic heterocycles. The van der Waals surface area contributed by atoms with Crippen molar-refractivity contribution in [1.29, 1.82) is 0 Å². The summed E-state index contributed by atoms with van der Waals surface area (Å²) in [5.74, 6) is 5.94. The molecule has 14 atom stereocenters. The van der Waals surface area contributed by atoms with Crippen LogP contribution in [0.2, 0.25) is 0 Å². The highest BCUT2D eigenvalue weighted by Crippen LogP contribution is 2.68. The first-order chi connectivity index (χ1) is 28.6. The average Bonchev–Trinajstić information content (AvgIpc) is 3.60. The summed E-state index contributed by atoms with van der Waals surface area (Å²) in [6.07, 6.45) is 14.3. The molecule has 1 saturated heterocycles. The summed E-state index contributed by atoms with van der Waals surface area (Å²) < 4.78 is 34.7. The lowest BCUT2D eigenvalue weighted by Crippen LogP contribution is -2.61. The van der Waals surface area contributed by atoms with Crippen LogP contribution in [0.3, 0.4) is 0 Å². The van der Waals surface area contributed by atoms with E-state index in [1.165, 1.54) is 64.2 Å². The number of benzene rings is 3. The van der Waals surface area contributed by atoms with Crippen LogP contribution in [0.1, 0.15) is 135 Å². The zero-order valence-electron chi connectivity index (χ0n) is 37.3.